The fourth-order valence-electron chi connectivity index (χ4n) is 2.97. The summed E-state index contributed by atoms with van der Waals surface area (Å²) in [5.41, 5.74) is 0. The zero-order valence-corrected chi connectivity index (χ0v) is 16.7. The van der Waals surface area contributed by atoms with Gasteiger partial charge in [0.1, 0.15) is 0 Å². The number of aliphatic hydroxyl groups is 1. The molecule has 2 atom stereocenters. The highest BCUT2D eigenvalue weighted by Crippen LogP contribution is 2.15. The summed E-state index contributed by atoms with van der Waals surface area (Å²) in [5, 5.41) is 8.55. The molecule has 2 unspecified atom stereocenters. The van der Waals surface area contributed by atoms with Gasteiger partial charge in [0.05, 0.1) is 11.4 Å². The Kier molecular flexibility index (Phi) is 15.1. The van der Waals surface area contributed by atoms with Crippen LogP contribution < -0.4 is 0 Å². The lowest BCUT2D eigenvalue weighted by atomic mass is 10.0. The molecule has 0 saturated heterocycles. The molecule has 0 bridgehead atoms. The molecule has 0 radical (unpaired) electrons. The Morgan fingerprint density at radius 2 is 0.917 bits per heavy atom. The van der Waals surface area contributed by atoms with Gasteiger partial charge < -0.3 is 5.11 Å². The minimum Gasteiger partial charge on any atom is -0.393 e. The highest BCUT2D eigenvalue weighted by Gasteiger charge is 2.15. The molecule has 0 aromatic heterocycles. The normalized spacial score (nSPS) is 14.7. The van der Waals surface area contributed by atoms with E-state index in [1.807, 2.05) is 6.92 Å². The average molecular weight is 365 g/mol. The lowest BCUT2D eigenvalue weighted by molar-refractivity contribution is 0.180. The van der Waals surface area contributed by atoms with Crippen LogP contribution in [0.2, 0.25) is 0 Å². The molecule has 0 spiro atoms. The molecule has 5 heteroatoms. The summed E-state index contributed by atoms with van der Waals surface area (Å²) in [6, 6.07) is 0. The predicted molar refractivity (Wildman–Crippen MR) is 102 cm³/mol. The van der Waals surface area contributed by atoms with Crippen molar-refractivity contribution in [3.05, 3.63) is 0 Å². The van der Waals surface area contributed by atoms with Crippen LogP contribution in [0.1, 0.15) is 110 Å². The Morgan fingerprint density at radius 1 is 0.625 bits per heavy atom. The van der Waals surface area contributed by atoms with E-state index in [-0.39, 0.29) is 6.10 Å². The molecule has 0 fully saturated rings. The zero-order valence-electron chi connectivity index (χ0n) is 15.9. The van der Waals surface area contributed by atoms with Crippen molar-refractivity contribution in [1.29, 1.82) is 0 Å². The number of hydrogen-bond donors (Lipinski definition) is 2. The highest BCUT2D eigenvalue weighted by molar-refractivity contribution is 7.86. The van der Waals surface area contributed by atoms with E-state index in [1.54, 1.807) is 6.92 Å². The van der Waals surface area contributed by atoms with E-state index >= 15 is 0 Å². The minimum atomic E-state index is -3.84. The van der Waals surface area contributed by atoms with Gasteiger partial charge in [-0.2, -0.15) is 8.42 Å². The lowest BCUT2D eigenvalue weighted by Crippen LogP contribution is -2.16. The Bertz CT molecular complexity index is 366. The van der Waals surface area contributed by atoms with Crippen LogP contribution in [0.3, 0.4) is 0 Å². The molecule has 24 heavy (non-hydrogen) atoms. The maximum Gasteiger partial charge on any atom is 0.267 e. The van der Waals surface area contributed by atoms with Crippen molar-refractivity contribution in [1.82, 2.24) is 0 Å². The van der Waals surface area contributed by atoms with E-state index in [0.29, 0.717) is 6.42 Å². The van der Waals surface area contributed by atoms with E-state index < -0.39 is 15.4 Å². The van der Waals surface area contributed by atoms with Gasteiger partial charge >= 0.3 is 0 Å². The highest BCUT2D eigenvalue weighted by atomic mass is 32.2. The molecule has 146 valence electrons. The monoisotopic (exact) mass is 364 g/mol. The minimum absolute atomic E-state index is 0.142. The maximum absolute atomic E-state index is 10.9. The van der Waals surface area contributed by atoms with Crippen molar-refractivity contribution in [2.75, 3.05) is 0 Å². The molecule has 0 saturated carbocycles. The first-order chi connectivity index (χ1) is 11.3. The Morgan fingerprint density at radius 3 is 1.21 bits per heavy atom. The summed E-state index contributed by atoms with van der Waals surface area (Å²) in [4.78, 5) is 0. The fraction of sp³-hybridized carbons (Fsp3) is 1.00. The van der Waals surface area contributed by atoms with Crippen LogP contribution >= 0.6 is 0 Å². The summed E-state index contributed by atoms with van der Waals surface area (Å²) >= 11 is 0. The quantitative estimate of drug-likeness (QED) is 0.264. The molecule has 4 nitrogen and oxygen atoms in total. The zero-order chi connectivity index (χ0) is 18.3. The predicted octanol–water partition coefficient (Wildman–Crippen LogP) is 5.50. The molecule has 0 rings (SSSR count). The molecule has 0 aliphatic rings. The van der Waals surface area contributed by atoms with Gasteiger partial charge in [-0.1, -0.05) is 83.5 Å². The number of rotatable bonds is 17. The second-order valence-electron chi connectivity index (χ2n) is 7.35. The fourth-order valence-corrected chi connectivity index (χ4v) is 3.43. The Balaban J connectivity index is 3.15. The average Bonchev–Trinajstić information content (AvgIpc) is 2.49. The van der Waals surface area contributed by atoms with Gasteiger partial charge in [0.2, 0.25) is 0 Å². The first-order valence-corrected chi connectivity index (χ1v) is 11.5. The largest absolute Gasteiger partial charge is 0.393 e. The van der Waals surface area contributed by atoms with Crippen LogP contribution in [-0.4, -0.2) is 29.4 Å². The summed E-state index contributed by atoms with van der Waals surface area (Å²) in [6.07, 6.45) is 17.3. The van der Waals surface area contributed by atoms with Gasteiger partial charge in [0, 0.05) is 0 Å². The third kappa shape index (κ3) is 16.7. The van der Waals surface area contributed by atoms with Gasteiger partial charge in [-0.05, 0) is 26.7 Å². The Labute approximate surface area is 150 Å². The summed E-state index contributed by atoms with van der Waals surface area (Å²) in [6.45, 7) is 3.43. The third-order valence-corrected chi connectivity index (χ3v) is 5.99. The smallest absolute Gasteiger partial charge is 0.267 e. The third-order valence-electron chi connectivity index (χ3n) is 4.74. The van der Waals surface area contributed by atoms with E-state index in [4.69, 9.17) is 9.66 Å². The van der Waals surface area contributed by atoms with Gasteiger partial charge in [0.15, 0.2) is 0 Å². The second-order valence-corrected chi connectivity index (χ2v) is 9.18. The summed E-state index contributed by atoms with van der Waals surface area (Å²) in [7, 11) is -3.84. The first kappa shape index (κ1) is 23.9. The van der Waals surface area contributed by atoms with Crippen LogP contribution in [0.5, 0.6) is 0 Å². The van der Waals surface area contributed by atoms with Crippen molar-refractivity contribution in [3.8, 4) is 0 Å². The molecule has 0 aliphatic carbocycles. The van der Waals surface area contributed by atoms with Crippen molar-refractivity contribution in [2.45, 2.75) is 122 Å². The van der Waals surface area contributed by atoms with Crippen LogP contribution in [-0.2, 0) is 10.1 Å². The SMILES string of the molecule is CC(O)CCCCCCCCCCCCCCCC(C)S(=O)(=O)O. The maximum atomic E-state index is 10.9. The van der Waals surface area contributed by atoms with Crippen molar-refractivity contribution in [2.24, 2.45) is 0 Å². The molecule has 0 amide bonds. The van der Waals surface area contributed by atoms with Gasteiger partial charge in [-0.25, -0.2) is 0 Å². The van der Waals surface area contributed by atoms with Crippen LogP contribution in [0.4, 0.5) is 0 Å². The van der Waals surface area contributed by atoms with Crippen molar-refractivity contribution >= 4 is 10.1 Å². The molecule has 0 heterocycles. The second kappa shape index (κ2) is 15.2. The van der Waals surface area contributed by atoms with Gasteiger partial charge in [-0.15, -0.1) is 0 Å². The Hall–Kier alpha value is -0.130. The van der Waals surface area contributed by atoms with Crippen molar-refractivity contribution in [3.63, 3.8) is 0 Å². The van der Waals surface area contributed by atoms with E-state index in [2.05, 4.69) is 0 Å². The van der Waals surface area contributed by atoms with Crippen molar-refractivity contribution < 1.29 is 18.1 Å². The van der Waals surface area contributed by atoms with E-state index in [0.717, 1.165) is 25.7 Å². The van der Waals surface area contributed by atoms with Gasteiger partial charge in [0.25, 0.3) is 10.1 Å². The van der Waals surface area contributed by atoms with Crippen LogP contribution in [0, 0.1) is 0 Å². The first-order valence-electron chi connectivity index (χ1n) is 9.98. The standard InChI is InChI=1S/C19H40O4S/c1-18(20)16-14-12-10-8-6-4-3-5-7-9-11-13-15-17-19(2)24(21,22)23/h18-20H,3-17H2,1-2H3,(H,21,22,23). The molecule has 0 aromatic carbocycles. The van der Waals surface area contributed by atoms with E-state index in [9.17, 15) is 8.42 Å². The number of hydrogen-bond acceptors (Lipinski definition) is 3. The van der Waals surface area contributed by atoms with Gasteiger partial charge in [-0.3, -0.25) is 4.55 Å². The summed E-state index contributed by atoms with van der Waals surface area (Å²) in [5.74, 6) is 0. The molecule has 2 N–H and O–H groups in total. The van der Waals surface area contributed by atoms with Crippen LogP contribution in [0.15, 0.2) is 0 Å². The molecular formula is C19H40O4S. The van der Waals surface area contributed by atoms with Crippen LogP contribution in [0.25, 0.3) is 0 Å². The summed E-state index contributed by atoms with van der Waals surface area (Å²) < 4.78 is 30.6. The lowest BCUT2D eigenvalue weighted by Gasteiger charge is -2.07. The number of aliphatic hydroxyl groups excluding tert-OH is 1. The van der Waals surface area contributed by atoms with E-state index in [1.165, 1.54) is 64.2 Å². The molecular weight excluding hydrogens is 324 g/mol. The molecule has 0 aliphatic heterocycles. The number of unbranched alkanes of at least 4 members (excludes halogenated alkanes) is 12. The molecule has 0 aromatic rings. The topological polar surface area (TPSA) is 74.6 Å².